The maximum Gasteiger partial charge on any atom is 0.230 e. The van der Waals surface area contributed by atoms with Crippen molar-refractivity contribution < 1.29 is 9.69 Å². The molecule has 1 aliphatic rings. The quantitative estimate of drug-likeness (QED) is 0.864. The summed E-state index contributed by atoms with van der Waals surface area (Å²) in [5.74, 6) is 1.71. The highest BCUT2D eigenvalue weighted by Gasteiger charge is 2.25. The SMILES string of the molecule is Cc1ccccc1NC(=O)CC[NH+]1C[C@H](C)C[C@H](C)C1. The van der Waals surface area contributed by atoms with Crippen LogP contribution in [0.1, 0.15) is 32.3 Å². The molecule has 2 rings (SSSR count). The minimum Gasteiger partial charge on any atom is -0.334 e. The zero-order valence-corrected chi connectivity index (χ0v) is 12.9. The number of quaternary nitrogens is 1. The second kappa shape index (κ2) is 6.89. The van der Waals surface area contributed by atoms with E-state index in [-0.39, 0.29) is 5.91 Å². The Kier molecular flexibility index (Phi) is 5.18. The maximum absolute atomic E-state index is 12.0. The lowest BCUT2D eigenvalue weighted by Crippen LogP contribution is -3.14. The van der Waals surface area contributed by atoms with Gasteiger partial charge in [-0.15, -0.1) is 0 Å². The average molecular weight is 275 g/mol. The van der Waals surface area contributed by atoms with Crippen molar-refractivity contribution in [3.63, 3.8) is 0 Å². The molecular weight excluding hydrogens is 248 g/mol. The number of carbonyl (C=O) groups is 1. The zero-order valence-electron chi connectivity index (χ0n) is 12.9. The van der Waals surface area contributed by atoms with Gasteiger partial charge in [0.05, 0.1) is 26.1 Å². The maximum atomic E-state index is 12.0. The first-order chi connectivity index (χ1) is 9.54. The van der Waals surface area contributed by atoms with Gasteiger partial charge in [0.15, 0.2) is 0 Å². The second-order valence-corrected chi connectivity index (χ2v) is 6.47. The fourth-order valence-electron chi connectivity index (χ4n) is 3.34. The molecule has 1 saturated heterocycles. The number of para-hydroxylation sites is 1. The minimum absolute atomic E-state index is 0.137. The number of piperidine rings is 1. The zero-order chi connectivity index (χ0) is 14.5. The van der Waals surface area contributed by atoms with Gasteiger partial charge in [-0.05, 0) is 25.0 Å². The Morgan fingerprint density at radius 3 is 2.55 bits per heavy atom. The first kappa shape index (κ1) is 15.0. The van der Waals surface area contributed by atoms with Crippen LogP contribution in [0, 0.1) is 18.8 Å². The topological polar surface area (TPSA) is 33.5 Å². The molecule has 0 aromatic heterocycles. The van der Waals surface area contributed by atoms with Gasteiger partial charge < -0.3 is 10.2 Å². The molecule has 3 heteroatoms. The Labute approximate surface area is 122 Å². The van der Waals surface area contributed by atoms with Crippen molar-refractivity contribution in [3.05, 3.63) is 29.8 Å². The van der Waals surface area contributed by atoms with E-state index < -0.39 is 0 Å². The van der Waals surface area contributed by atoms with Gasteiger partial charge >= 0.3 is 0 Å². The molecule has 0 radical (unpaired) electrons. The van der Waals surface area contributed by atoms with E-state index in [1.165, 1.54) is 19.5 Å². The van der Waals surface area contributed by atoms with E-state index in [1.807, 2.05) is 31.2 Å². The second-order valence-electron chi connectivity index (χ2n) is 6.47. The number of likely N-dealkylation sites (tertiary alicyclic amines) is 1. The average Bonchev–Trinajstić information content (AvgIpc) is 2.38. The standard InChI is InChI=1S/C17H26N2O/c1-13-10-14(2)12-19(11-13)9-8-17(20)18-16-7-5-4-6-15(16)3/h4-7,13-14H,8-12H2,1-3H3,(H,18,20)/p+1/t13-,14+. The molecule has 2 N–H and O–H groups in total. The van der Waals surface area contributed by atoms with Gasteiger partial charge in [0.25, 0.3) is 0 Å². The van der Waals surface area contributed by atoms with Gasteiger partial charge in [0, 0.05) is 17.5 Å². The van der Waals surface area contributed by atoms with Crippen LogP contribution in [0.4, 0.5) is 5.69 Å². The van der Waals surface area contributed by atoms with Gasteiger partial charge in [-0.25, -0.2) is 0 Å². The Bertz CT molecular complexity index is 448. The molecule has 1 fully saturated rings. The molecule has 1 amide bonds. The van der Waals surface area contributed by atoms with Crippen LogP contribution in [0.15, 0.2) is 24.3 Å². The molecule has 0 bridgehead atoms. The molecular formula is C17H27N2O+. The molecule has 1 aliphatic heterocycles. The highest BCUT2D eigenvalue weighted by Crippen LogP contribution is 2.13. The Morgan fingerprint density at radius 2 is 1.90 bits per heavy atom. The Morgan fingerprint density at radius 1 is 1.25 bits per heavy atom. The van der Waals surface area contributed by atoms with Gasteiger partial charge in [-0.3, -0.25) is 4.79 Å². The molecule has 3 atom stereocenters. The number of hydrogen-bond acceptors (Lipinski definition) is 1. The predicted octanol–water partition coefficient (Wildman–Crippen LogP) is 1.88. The summed E-state index contributed by atoms with van der Waals surface area (Å²) in [4.78, 5) is 13.6. The van der Waals surface area contributed by atoms with Crippen molar-refractivity contribution in [1.29, 1.82) is 0 Å². The number of nitrogens with one attached hydrogen (secondary N) is 2. The largest absolute Gasteiger partial charge is 0.334 e. The lowest BCUT2D eigenvalue weighted by Gasteiger charge is -2.31. The fourth-order valence-corrected chi connectivity index (χ4v) is 3.34. The molecule has 0 spiro atoms. The normalized spacial score (nSPS) is 26.2. The van der Waals surface area contributed by atoms with Crippen LogP contribution in [-0.2, 0) is 4.79 Å². The summed E-state index contributed by atoms with van der Waals surface area (Å²) in [5, 5.41) is 3.02. The third-order valence-corrected chi connectivity index (χ3v) is 4.20. The number of carbonyl (C=O) groups excluding carboxylic acids is 1. The van der Waals surface area contributed by atoms with Crippen molar-refractivity contribution >= 4 is 11.6 Å². The number of hydrogen-bond donors (Lipinski definition) is 2. The highest BCUT2D eigenvalue weighted by atomic mass is 16.1. The van der Waals surface area contributed by atoms with Crippen LogP contribution in [0.5, 0.6) is 0 Å². The third kappa shape index (κ3) is 4.34. The van der Waals surface area contributed by atoms with E-state index in [0.29, 0.717) is 6.42 Å². The van der Waals surface area contributed by atoms with E-state index >= 15 is 0 Å². The van der Waals surface area contributed by atoms with Crippen molar-refractivity contribution in [2.45, 2.75) is 33.6 Å². The summed E-state index contributed by atoms with van der Waals surface area (Å²) < 4.78 is 0. The summed E-state index contributed by atoms with van der Waals surface area (Å²) in [6.45, 7) is 10.0. The summed E-state index contributed by atoms with van der Waals surface area (Å²) >= 11 is 0. The van der Waals surface area contributed by atoms with E-state index in [2.05, 4.69) is 19.2 Å². The van der Waals surface area contributed by atoms with E-state index in [9.17, 15) is 4.79 Å². The monoisotopic (exact) mass is 275 g/mol. The summed E-state index contributed by atoms with van der Waals surface area (Å²) in [7, 11) is 0. The Balaban J connectivity index is 1.79. The van der Waals surface area contributed by atoms with Crippen LogP contribution < -0.4 is 10.2 Å². The van der Waals surface area contributed by atoms with Crippen molar-refractivity contribution in [1.82, 2.24) is 0 Å². The van der Waals surface area contributed by atoms with Gasteiger partial charge in [-0.1, -0.05) is 32.0 Å². The van der Waals surface area contributed by atoms with Crippen molar-refractivity contribution in [2.24, 2.45) is 11.8 Å². The summed E-state index contributed by atoms with van der Waals surface area (Å²) in [6, 6.07) is 7.94. The van der Waals surface area contributed by atoms with E-state index in [0.717, 1.165) is 29.6 Å². The van der Waals surface area contributed by atoms with Crippen LogP contribution in [0.25, 0.3) is 0 Å². The number of amides is 1. The van der Waals surface area contributed by atoms with Crippen molar-refractivity contribution in [2.75, 3.05) is 25.0 Å². The molecule has 1 unspecified atom stereocenters. The minimum atomic E-state index is 0.137. The molecule has 110 valence electrons. The lowest BCUT2D eigenvalue weighted by molar-refractivity contribution is -0.911. The predicted molar refractivity (Wildman–Crippen MR) is 82.9 cm³/mol. The molecule has 0 saturated carbocycles. The fraction of sp³-hybridized carbons (Fsp3) is 0.588. The lowest BCUT2D eigenvalue weighted by atomic mass is 9.92. The van der Waals surface area contributed by atoms with Crippen LogP contribution >= 0.6 is 0 Å². The molecule has 1 heterocycles. The number of rotatable bonds is 4. The highest BCUT2D eigenvalue weighted by molar-refractivity contribution is 5.91. The van der Waals surface area contributed by atoms with Crippen molar-refractivity contribution in [3.8, 4) is 0 Å². The molecule has 20 heavy (non-hydrogen) atoms. The molecule has 1 aromatic rings. The van der Waals surface area contributed by atoms with E-state index in [4.69, 9.17) is 0 Å². The number of anilines is 1. The van der Waals surface area contributed by atoms with Gasteiger partial charge in [0.1, 0.15) is 0 Å². The summed E-state index contributed by atoms with van der Waals surface area (Å²) in [5.41, 5.74) is 2.06. The molecule has 1 aromatic carbocycles. The van der Waals surface area contributed by atoms with Crippen LogP contribution in [-0.4, -0.2) is 25.5 Å². The Hall–Kier alpha value is -1.35. The third-order valence-electron chi connectivity index (χ3n) is 4.20. The van der Waals surface area contributed by atoms with Crippen LogP contribution in [0.3, 0.4) is 0 Å². The van der Waals surface area contributed by atoms with Crippen LogP contribution in [0.2, 0.25) is 0 Å². The first-order valence-electron chi connectivity index (χ1n) is 7.73. The molecule has 0 aliphatic carbocycles. The van der Waals surface area contributed by atoms with E-state index in [1.54, 1.807) is 4.90 Å². The summed E-state index contributed by atoms with van der Waals surface area (Å²) in [6.07, 6.45) is 1.95. The number of aryl methyl sites for hydroxylation is 1. The smallest absolute Gasteiger partial charge is 0.230 e. The number of benzene rings is 1. The van der Waals surface area contributed by atoms with Gasteiger partial charge in [-0.2, -0.15) is 0 Å². The van der Waals surface area contributed by atoms with Gasteiger partial charge in [0.2, 0.25) is 5.91 Å². The first-order valence-corrected chi connectivity index (χ1v) is 7.73. The molecule has 3 nitrogen and oxygen atoms in total.